The molecule has 0 spiro atoms. The van der Waals surface area contributed by atoms with Gasteiger partial charge in [0, 0.05) is 24.7 Å². The van der Waals surface area contributed by atoms with Gasteiger partial charge in [-0.1, -0.05) is 18.2 Å². The first kappa shape index (κ1) is 16.1. The second kappa shape index (κ2) is 6.40. The number of rotatable bonds is 2. The van der Waals surface area contributed by atoms with Gasteiger partial charge in [-0.3, -0.25) is 30.0 Å². The molecular formula is C16H13N5O4. The third-order valence-corrected chi connectivity index (χ3v) is 3.51. The van der Waals surface area contributed by atoms with E-state index in [1.54, 1.807) is 24.3 Å². The zero-order chi connectivity index (χ0) is 18.0. The number of pyridine rings is 1. The number of hydrogen-bond donors (Lipinski definition) is 3. The van der Waals surface area contributed by atoms with Crippen molar-refractivity contribution in [3.05, 3.63) is 74.6 Å². The van der Waals surface area contributed by atoms with Gasteiger partial charge in [0.2, 0.25) is 5.56 Å². The van der Waals surface area contributed by atoms with E-state index in [1.165, 1.54) is 25.4 Å². The summed E-state index contributed by atoms with van der Waals surface area (Å²) in [6, 6.07) is 9.07. The van der Waals surface area contributed by atoms with Gasteiger partial charge in [0.25, 0.3) is 17.4 Å². The lowest BCUT2D eigenvalue weighted by atomic mass is 10.1. The Hall–Kier alpha value is -3.75. The summed E-state index contributed by atoms with van der Waals surface area (Å²) in [5.41, 5.74) is 3.96. The van der Waals surface area contributed by atoms with Crippen LogP contribution in [0.3, 0.4) is 0 Å². The Kier molecular flexibility index (Phi) is 4.12. The number of amides is 2. The molecule has 0 unspecified atom stereocenters. The number of carbonyl (C=O) groups is 2. The van der Waals surface area contributed by atoms with E-state index in [0.29, 0.717) is 10.8 Å². The third-order valence-electron chi connectivity index (χ3n) is 3.51. The highest BCUT2D eigenvalue weighted by Crippen LogP contribution is 2.12. The minimum Gasteiger partial charge on any atom is -0.328 e. The molecule has 126 valence electrons. The summed E-state index contributed by atoms with van der Waals surface area (Å²) in [7, 11) is 1.43. The van der Waals surface area contributed by atoms with E-state index in [1.807, 2.05) is 0 Å². The number of aryl methyl sites for hydroxylation is 1. The van der Waals surface area contributed by atoms with Crippen LogP contribution in [0.25, 0.3) is 10.8 Å². The highest BCUT2D eigenvalue weighted by molar-refractivity contribution is 6.05. The fraction of sp³-hybridized carbons (Fsp3) is 0.0625. The molecular weight excluding hydrogens is 326 g/mol. The summed E-state index contributed by atoms with van der Waals surface area (Å²) >= 11 is 0. The number of hydrazine groups is 1. The quantitative estimate of drug-likeness (QED) is 0.553. The van der Waals surface area contributed by atoms with Gasteiger partial charge >= 0.3 is 0 Å². The van der Waals surface area contributed by atoms with Crippen LogP contribution in [0.15, 0.2) is 52.2 Å². The summed E-state index contributed by atoms with van der Waals surface area (Å²) < 4.78 is 1.06. The van der Waals surface area contributed by atoms with E-state index in [-0.39, 0.29) is 22.4 Å². The lowest BCUT2D eigenvalue weighted by Crippen LogP contribution is -2.42. The van der Waals surface area contributed by atoms with Crippen molar-refractivity contribution in [2.24, 2.45) is 7.05 Å². The summed E-state index contributed by atoms with van der Waals surface area (Å²) in [5, 5.41) is 4.68. The number of benzene rings is 1. The van der Waals surface area contributed by atoms with E-state index >= 15 is 0 Å². The van der Waals surface area contributed by atoms with Gasteiger partial charge in [-0.25, -0.2) is 4.68 Å². The SMILES string of the molecule is Cn1nc(C(=O)NNC(=O)c2ccc(=O)[nH]c2)c2ccccc2c1=O. The molecule has 0 atom stereocenters. The zero-order valence-electron chi connectivity index (χ0n) is 13.1. The fourth-order valence-electron chi connectivity index (χ4n) is 2.26. The van der Waals surface area contributed by atoms with Crippen molar-refractivity contribution < 1.29 is 9.59 Å². The molecule has 1 aromatic carbocycles. The molecule has 0 saturated heterocycles. The van der Waals surface area contributed by atoms with E-state index < -0.39 is 11.8 Å². The molecule has 3 rings (SSSR count). The van der Waals surface area contributed by atoms with Crippen molar-refractivity contribution in [2.75, 3.05) is 0 Å². The molecule has 2 aromatic heterocycles. The number of nitrogens with one attached hydrogen (secondary N) is 3. The van der Waals surface area contributed by atoms with Gasteiger partial charge < -0.3 is 4.98 Å². The first-order chi connectivity index (χ1) is 12.0. The van der Waals surface area contributed by atoms with Crippen LogP contribution < -0.4 is 22.0 Å². The fourth-order valence-corrected chi connectivity index (χ4v) is 2.26. The largest absolute Gasteiger partial charge is 0.328 e. The lowest BCUT2D eigenvalue weighted by molar-refractivity contribution is 0.0843. The van der Waals surface area contributed by atoms with Gasteiger partial charge in [0.05, 0.1) is 10.9 Å². The van der Waals surface area contributed by atoms with Crippen LogP contribution in [0.4, 0.5) is 0 Å². The molecule has 25 heavy (non-hydrogen) atoms. The molecule has 3 N–H and O–H groups in total. The second-order valence-corrected chi connectivity index (χ2v) is 5.17. The van der Waals surface area contributed by atoms with E-state index in [4.69, 9.17) is 0 Å². The van der Waals surface area contributed by atoms with E-state index in [2.05, 4.69) is 20.9 Å². The minimum absolute atomic E-state index is 0.000492. The van der Waals surface area contributed by atoms with Gasteiger partial charge in [-0.2, -0.15) is 5.10 Å². The molecule has 2 heterocycles. The highest BCUT2D eigenvalue weighted by Gasteiger charge is 2.16. The molecule has 0 aliphatic carbocycles. The number of H-pyrrole nitrogens is 1. The molecule has 0 fully saturated rings. The maximum Gasteiger partial charge on any atom is 0.290 e. The molecule has 0 bridgehead atoms. The standard InChI is InChI=1S/C16H13N5O4/c1-21-16(25)11-5-3-2-4-10(11)13(20-21)15(24)19-18-14(23)9-6-7-12(22)17-8-9/h2-8H,1H3,(H,17,22)(H,18,23)(H,19,24). The average molecular weight is 339 g/mol. The molecule has 0 aliphatic rings. The second-order valence-electron chi connectivity index (χ2n) is 5.17. The molecule has 2 amide bonds. The Labute approximate surface area is 140 Å². The molecule has 0 saturated carbocycles. The van der Waals surface area contributed by atoms with Gasteiger partial charge in [-0.15, -0.1) is 0 Å². The van der Waals surface area contributed by atoms with Crippen LogP contribution in [0, 0.1) is 0 Å². The van der Waals surface area contributed by atoms with Crippen molar-refractivity contribution in [3.63, 3.8) is 0 Å². The Morgan fingerprint density at radius 2 is 1.68 bits per heavy atom. The Morgan fingerprint density at radius 1 is 1.00 bits per heavy atom. The lowest BCUT2D eigenvalue weighted by Gasteiger charge is -2.09. The van der Waals surface area contributed by atoms with Gasteiger partial charge in [-0.05, 0) is 12.1 Å². The molecule has 9 heteroatoms. The molecule has 0 radical (unpaired) electrons. The maximum absolute atomic E-state index is 12.4. The third kappa shape index (κ3) is 3.15. The first-order valence-electron chi connectivity index (χ1n) is 7.23. The number of carbonyl (C=O) groups excluding carboxylic acids is 2. The predicted octanol–water partition coefficient (Wildman–Crippen LogP) is -0.303. The number of hydrogen-bond acceptors (Lipinski definition) is 5. The predicted molar refractivity (Wildman–Crippen MR) is 89.0 cm³/mol. The van der Waals surface area contributed by atoms with Gasteiger partial charge in [0.1, 0.15) is 0 Å². The molecule has 0 aliphatic heterocycles. The maximum atomic E-state index is 12.4. The van der Waals surface area contributed by atoms with Crippen LogP contribution in [-0.2, 0) is 7.05 Å². The van der Waals surface area contributed by atoms with Crippen molar-refractivity contribution in [1.29, 1.82) is 0 Å². The van der Waals surface area contributed by atoms with Crippen LogP contribution in [0.5, 0.6) is 0 Å². The smallest absolute Gasteiger partial charge is 0.290 e. The van der Waals surface area contributed by atoms with Crippen LogP contribution in [0.2, 0.25) is 0 Å². The number of aromatic nitrogens is 3. The first-order valence-corrected chi connectivity index (χ1v) is 7.23. The Balaban J connectivity index is 1.84. The summed E-state index contributed by atoms with van der Waals surface area (Å²) in [6.07, 6.45) is 1.23. The van der Waals surface area contributed by atoms with Crippen LogP contribution in [-0.4, -0.2) is 26.6 Å². The summed E-state index contributed by atoms with van der Waals surface area (Å²) in [4.78, 5) is 49.7. The van der Waals surface area contributed by atoms with Crippen LogP contribution >= 0.6 is 0 Å². The van der Waals surface area contributed by atoms with Crippen molar-refractivity contribution >= 4 is 22.6 Å². The number of fused-ring (bicyclic) bond motifs is 1. The minimum atomic E-state index is -0.676. The Bertz CT molecular complexity index is 1080. The summed E-state index contributed by atoms with van der Waals surface area (Å²) in [5.74, 6) is -1.29. The normalized spacial score (nSPS) is 10.4. The number of nitrogens with zero attached hydrogens (tertiary/aromatic N) is 2. The molecule has 3 aromatic rings. The van der Waals surface area contributed by atoms with Crippen LogP contribution in [0.1, 0.15) is 20.8 Å². The van der Waals surface area contributed by atoms with E-state index in [0.717, 1.165) is 4.68 Å². The van der Waals surface area contributed by atoms with Crippen molar-refractivity contribution in [1.82, 2.24) is 25.6 Å². The molecule has 9 nitrogen and oxygen atoms in total. The van der Waals surface area contributed by atoms with Crippen molar-refractivity contribution in [3.8, 4) is 0 Å². The summed E-state index contributed by atoms with van der Waals surface area (Å²) in [6.45, 7) is 0. The van der Waals surface area contributed by atoms with Gasteiger partial charge in [0.15, 0.2) is 5.69 Å². The zero-order valence-corrected chi connectivity index (χ0v) is 13.1. The van der Waals surface area contributed by atoms with E-state index in [9.17, 15) is 19.2 Å². The Morgan fingerprint density at radius 3 is 2.36 bits per heavy atom. The number of aromatic amines is 1. The highest BCUT2D eigenvalue weighted by atomic mass is 16.2. The average Bonchev–Trinajstić information content (AvgIpc) is 2.63. The topological polar surface area (TPSA) is 126 Å². The van der Waals surface area contributed by atoms with Crippen molar-refractivity contribution in [2.45, 2.75) is 0 Å². The monoisotopic (exact) mass is 339 g/mol.